The van der Waals surface area contributed by atoms with Gasteiger partial charge in [0.25, 0.3) is 0 Å². The van der Waals surface area contributed by atoms with Crippen LogP contribution in [-0.4, -0.2) is 19.2 Å². The summed E-state index contributed by atoms with van der Waals surface area (Å²) in [5.41, 5.74) is 2.44. The van der Waals surface area contributed by atoms with Gasteiger partial charge in [0.1, 0.15) is 12.4 Å². The van der Waals surface area contributed by atoms with E-state index < -0.39 is 0 Å². The van der Waals surface area contributed by atoms with Gasteiger partial charge in [0.05, 0.1) is 0 Å². The molecule has 2 nitrogen and oxygen atoms in total. The summed E-state index contributed by atoms with van der Waals surface area (Å²) in [4.78, 5) is 0. The van der Waals surface area contributed by atoms with Crippen LogP contribution in [0.5, 0.6) is 5.75 Å². The van der Waals surface area contributed by atoms with Crippen LogP contribution >= 0.6 is 0 Å². The lowest BCUT2D eigenvalue weighted by atomic mass is 10.1. The zero-order valence-electron chi connectivity index (χ0n) is 10.1. The minimum Gasteiger partial charge on any atom is -0.492 e. The van der Waals surface area contributed by atoms with Crippen molar-refractivity contribution >= 4 is 0 Å². The standard InChI is InChI=1S/C13H21NO/c1-5-14-12(4)9-15-13-8-10(2)6-7-11(13)3/h6-8,12,14H,5,9H2,1-4H3. The number of benzene rings is 1. The molecule has 0 aliphatic rings. The van der Waals surface area contributed by atoms with Crippen molar-refractivity contribution in [2.75, 3.05) is 13.2 Å². The van der Waals surface area contributed by atoms with Gasteiger partial charge in [-0.05, 0) is 44.5 Å². The number of nitrogens with one attached hydrogen (secondary N) is 1. The second-order valence-corrected chi connectivity index (χ2v) is 4.04. The summed E-state index contributed by atoms with van der Waals surface area (Å²) in [6, 6.07) is 6.70. The summed E-state index contributed by atoms with van der Waals surface area (Å²) in [6.07, 6.45) is 0. The van der Waals surface area contributed by atoms with E-state index >= 15 is 0 Å². The van der Waals surface area contributed by atoms with E-state index in [0.717, 1.165) is 18.9 Å². The number of ether oxygens (including phenoxy) is 1. The second-order valence-electron chi connectivity index (χ2n) is 4.04. The van der Waals surface area contributed by atoms with Gasteiger partial charge < -0.3 is 10.1 Å². The zero-order chi connectivity index (χ0) is 11.3. The molecule has 0 aliphatic heterocycles. The van der Waals surface area contributed by atoms with Crippen LogP contribution < -0.4 is 10.1 Å². The molecule has 2 heteroatoms. The van der Waals surface area contributed by atoms with Gasteiger partial charge in [-0.2, -0.15) is 0 Å². The van der Waals surface area contributed by atoms with Crippen LogP contribution in [0.25, 0.3) is 0 Å². The lowest BCUT2D eigenvalue weighted by Gasteiger charge is -2.15. The number of aryl methyl sites for hydroxylation is 2. The zero-order valence-corrected chi connectivity index (χ0v) is 10.1. The highest BCUT2D eigenvalue weighted by molar-refractivity contribution is 5.35. The minimum atomic E-state index is 0.398. The predicted octanol–water partition coefficient (Wildman–Crippen LogP) is 2.68. The monoisotopic (exact) mass is 207 g/mol. The first-order valence-electron chi connectivity index (χ1n) is 5.57. The number of rotatable bonds is 5. The Balaban J connectivity index is 2.53. The van der Waals surface area contributed by atoms with E-state index in [4.69, 9.17) is 4.74 Å². The Morgan fingerprint density at radius 2 is 2.07 bits per heavy atom. The Morgan fingerprint density at radius 1 is 1.33 bits per heavy atom. The van der Waals surface area contributed by atoms with Crippen molar-refractivity contribution in [3.05, 3.63) is 29.3 Å². The lowest BCUT2D eigenvalue weighted by Crippen LogP contribution is -2.31. The van der Waals surface area contributed by atoms with Crippen LogP contribution in [0.2, 0.25) is 0 Å². The molecule has 84 valence electrons. The molecule has 0 bridgehead atoms. The van der Waals surface area contributed by atoms with Gasteiger partial charge in [-0.3, -0.25) is 0 Å². The highest BCUT2D eigenvalue weighted by atomic mass is 16.5. The molecule has 0 aromatic heterocycles. The van der Waals surface area contributed by atoms with Crippen LogP contribution in [0.1, 0.15) is 25.0 Å². The number of hydrogen-bond donors (Lipinski definition) is 1. The van der Waals surface area contributed by atoms with Crippen LogP contribution in [0.15, 0.2) is 18.2 Å². The van der Waals surface area contributed by atoms with Crippen molar-refractivity contribution in [1.29, 1.82) is 0 Å². The van der Waals surface area contributed by atoms with Gasteiger partial charge in [-0.15, -0.1) is 0 Å². The van der Waals surface area contributed by atoms with Gasteiger partial charge in [0, 0.05) is 6.04 Å². The van der Waals surface area contributed by atoms with E-state index in [1.54, 1.807) is 0 Å². The third kappa shape index (κ3) is 3.92. The molecule has 1 N–H and O–H groups in total. The Kier molecular flexibility index (Phi) is 4.63. The molecule has 0 amide bonds. The van der Waals surface area contributed by atoms with Crippen LogP contribution in [0.3, 0.4) is 0 Å². The molecule has 1 aromatic carbocycles. The summed E-state index contributed by atoms with van der Waals surface area (Å²) in [5, 5.41) is 3.32. The summed E-state index contributed by atoms with van der Waals surface area (Å²) in [6.45, 7) is 10.1. The molecule has 0 spiro atoms. The first-order valence-corrected chi connectivity index (χ1v) is 5.57. The lowest BCUT2D eigenvalue weighted by molar-refractivity contribution is 0.273. The Morgan fingerprint density at radius 3 is 2.73 bits per heavy atom. The first-order chi connectivity index (χ1) is 7.13. The minimum absolute atomic E-state index is 0.398. The molecular formula is C13H21NO. The highest BCUT2D eigenvalue weighted by Crippen LogP contribution is 2.19. The van der Waals surface area contributed by atoms with Crippen molar-refractivity contribution in [2.45, 2.75) is 33.7 Å². The normalized spacial score (nSPS) is 12.5. The third-order valence-electron chi connectivity index (χ3n) is 2.39. The van der Waals surface area contributed by atoms with E-state index in [-0.39, 0.29) is 0 Å². The molecule has 0 saturated carbocycles. The van der Waals surface area contributed by atoms with E-state index in [1.165, 1.54) is 11.1 Å². The van der Waals surface area contributed by atoms with Crippen molar-refractivity contribution in [3.63, 3.8) is 0 Å². The van der Waals surface area contributed by atoms with E-state index in [9.17, 15) is 0 Å². The second kappa shape index (κ2) is 5.76. The molecule has 15 heavy (non-hydrogen) atoms. The van der Waals surface area contributed by atoms with E-state index in [2.05, 4.69) is 51.2 Å². The number of likely N-dealkylation sites (N-methyl/N-ethyl adjacent to an activating group) is 1. The van der Waals surface area contributed by atoms with Gasteiger partial charge in [0.15, 0.2) is 0 Å². The van der Waals surface area contributed by atoms with Crippen molar-refractivity contribution in [1.82, 2.24) is 5.32 Å². The Labute approximate surface area is 92.6 Å². The van der Waals surface area contributed by atoms with Crippen LogP contribution in [0.4, 0.5) is 0 Å². The van der Waals surface area contributed by atoms with Crippen LogP contribution in [-0.2, 0) is 0 Å². The molecular weight excluding hydrogens is 186 g/mol. The maximum Gasteiger partial charge on any atom is 0.122 e. The summed E-state index contributed by atoms with van der Waals surface area (Å²) in [5.74, 6) is 1.000. The Bertz CT molecular complexity index is 309. The third-order valence-corrected chi connectivity index (χ3v) is 2.39. The van der Waals surface area contributed by atoms with Crippen molar-refractivity contribution < 1.29 is 4.74 Å². The fourth-order valence-electron chi connectivity index (χ4n) is 1.48. The maximum atomic E-state index is 5.77. The number of hydrogen-bond acceptors (Lipinski definition) is 2. The average molecular weight is 207 g/mol. The quantitative estimate of drug-likeness (QED) is 0.801. The predicted molar refractivity (Wildman–Crippen MR) is 64.5 cm³/mol. The summed E-state index contributed by atoms with van der Waals surface area (Å²) >= 11 is 0. The van der Waals surface area contributed by atoms with Crippen LogP contribution in [0, 0.1) is 13.8 Å². The summed E-state index contributed by atoms with van der Waals surface area (Å²) in [7, 11) is 0. The molecule has 0 fully saturated rings. The molecule has 0 aliphatic carbocycles. The van der Waals surface area contributed by atoms with Gasteiger partial charge in [-0.25, -0.2) is 0 Å². The fraction of sp³-hybridized carbons (Fsp3) is 0.538. The SMILES string of the molecule is CCNC(C)COc1cc(C)ccc1C. The molecule has 0 radical (unpaired) electrons. The Hall–Kier alpha value is -1.02. The fourth-order valence-corrected chi connectivity index (χ4v) is 1.48. The summed E-state index contributed by atoms with van der Waals surface area (Å²) < 4.78 is 5.77. The van der Waals surface area contributed by atoms with Crippen molar-refractivity contribution in [3.8, 4) is 5.75 Å². The molecule has 1 aromatic rings. The maximum absolute atomic E-state index is 5.77. The van der Waals surface area contributed by atoms with E-state index in [1.807, 2.05) is 0 Å². The largest absolute Gasteiger partial charge is 0.492 e. The molecule has 1 unspecified atom stereocenters. The highest BCUT2D eigenvalue weighted by Gasteiger charge is 2.03. The van der Waals surface area contributed by atoms with Gasteiger partial charge >= 0.3 is 0 Å². The molecule has 0 saturated heterocycles. The average Bonchev–Trinajstić information content (AvgIpc) is 2.20. The molecule has 0 heterocycles. The smallest absolute Gasteiger partial charge is 0.122 e. The first kappa shape index (κ1) is 12.1. The van der Waals surface area contributed by atoms with Gasteiger partial charge in [-0.1, -0.05) is 19.1 Å². The van der Waals surface area contributed by atoms with Gasteiger partial charge in [0.2, 0.25) is 0 Å². The molecule has 1 atom stereocenters. The van der Waals surface area contributed by atoms with Crippen molar-refractivity contribution in [2.24, 2.45) is 0 Å². The van der Waals surface area contributed by atoms with E-state index in [0.29, 0.717) is 6.04 Å². The topological polar surface area (TPSA) is 21.3 Å². The molecule has 1 rings (SSSR count).